The van der Waals surface area contributed by atoms with E-state index in [1.807, 2.05) is 14.0 Å². The molecule has 0 atom stereocenters. The van der Waals surface area contributed by atoms with Crippen LogP contribution in [0.5, 0.6) is 5.88 Å². The normalized spacial score (nSPS) is 18.2. The van der Waals surface area contributed by atoms with Gasteiger partial charge >= 0.3 is 0 Å². The van der Waals surface area contributed by atoms with E-state index in [-0.39, 0.29) is 5.91 Å². The van der Waals surface area contributed by atoms with E-state index in [0.29, 0.717) is 29.6 Å². The van der Waals surface area contributed by atoms with Crippen molar-refractivity contribution in [3.8, 4) is 5.88 Å². The summed E-state index contributed by atoms with van der Waals surface area (Å²) in [6.45, 7) is 6.89. The van der Waals surface area contributed by atoms with E-state index < -0.39 is 0 Å². The summed E-state index contributed by atoms with van der Waals surface area (Å²) < 4.78 is 5.24. The van der Waals surface area contributed by atoms with Crippen molar-refractivity contribution in [2.24, 2.45) is 5.41 Å². The van der Waals surface area contributed by atoms with Crippen molar-refractivity contribution in [1.82, 2.24) is 15.1 Å². The second kappa shape index (κ2) is 4.63. The van der Waals surface area contributed by atoms with Crippen LogP contribution in [-0.4, -0.2) is 40.7 Å². The average molecular weight is 251 g/mol. The minimum atomic E-state index is -0.0195. The van der Waals surface area contributed by atoms with Gasteiger partial charge in [-0.2, -0.15) is 0 Å². The molecule has 0 unspecified atom stereocenters. The lowest BCUT2D eigenvalue weighted by Crippen LogP contribution is -2.49. The first-order valence-electron chi connectivity index (χ1n) is 6.38. The summed E-state index contributed by atoms with van der Waals surface area (Å²) in [5.41, 5.74) is 0.856. The number of hydrogen-bond donors (Lipinski definition) is 1. The van der Waals surface area contributed by atoms with Gasteiger partial charge in [-0.05, 0) is 25.2 Å². The highest BCUT2D eigenvalue weighted by atomic mass is 16.5. The van der Waals surface area contributed by atoms with E-state index in [9.17, 15) is 4.79 Å². The number of rotatable bonds is 4. The lowest BCUT2D eigenvalue weighted by molar-refractivity contribution is 0.0318. The van der Waals surface area contributed by atoms with E-state index in [1.54, 1.807) is 11.0 Å². The van der Waals surface area contributed by atoms with Crippen LogP contribution >= 0.6 is 0 Å². The van der Waals surface area contributed by atoms with Gasteiger partial charge in [0.05, 0.1) is 6.61 Å². The van der Waals surface area contributed by atoms with Gasteiger partial charge in [-0.25, -0.2) is 0 Å². The molecule has 0 aliphatic heterocycles. The molecule has 0 spiro atoms. The predicted octanol–water partition coefficient (Wildman–Crippen LogP) is 2.07. The molecule has 1 aliphatic rings. The number of hydrogen-bond acceptors (Lipinski definition) is 3. The zero-order valence-electron chi connectivity index (χ0n) is 11.5. The van der Waals surface area contributed by atoms with E-state index in [0.717, 1.165) is 12.8 Å². The van der Waals surface area contributed by atoms with Gasteiger partial charge in [0.1, 0.15) is 5.69 Å². The van der Waals surface area contributed by atoms with Crippen LogP contribution in [0.1, 0.15) is 44.1 Å². The fourth-order valence-corrected chi connectivity index (χ4v) is 2.48. The molecule has 5 nitrogen and oxygen atoms in total. The summed E-state index contributed by atoms with van der Waals surface area (Å²) in [4.78, 5) is 14.0. The number of nitrogens with one attached hydrogen (secondary N) is 1. The highest BCUT2D eigenvalue weighted by Gasteiger charge is 2.40. The maximum absolute atomic E-state index is 12.2. The Morgan fingerprint density at radius 3 is 2.83 bits per heavy atom. The average Bonchev–Trinajstić information content (AvgIpc) is 2.73. The van der Waals surface area contributed by atoms with Crippen LogP contribution in [0.2, 0.25) is 0 Å². The van der Waals surface area contributed by atoms with Gasteiger partial charge in [0, 0.05) is 19.2 Å². The smallest absolute Gasteiger partial charge is 0.271 e. The largest absolute Gasteiger partial charge is 0.477 e. The van der Waals surface area contributed by atoms with Gasteiger partial charge in [-0.3, -0.25) is 9.89 Å². The molecule has 5 heteroatoms. The minimum Gasteiger partial charge on any atom is -0.477 e. The van der Waals surface area contributed by atoms with Crippen molar-refractivity contribution in [3.05, 3.63) is 11.8 Å². The molecule has 0 aromatic carbocycles. The van der Waals surface area contributed by atoms with Crippen LogP contribution in [0.4, 0.5) is 0 Å². The van der Waals surface area contributed by atoms with Gasteiger partial charge < -0.3 is 9.64 Å². The van der Waals surface area contributed by atoms with Crippen LogP contribution < -0.4 is 4.74 Å². The molecular weight excluding hydrogens is 230 g/mol. The summed E-state index contributed by atoms with van der Waals surface area (Å²) in [6, 6.07) is 2.00. The number of H-pyrrole nitrogens is 1. The fraction of sp³-hybridized carbons (Fsp3) is 0.692. The summed E-state index contributed by atoms with van der Waals surface area (Å²) in [7, 11) is 1.85. The lowest BCUT2D eigenvalue weighted by atomic mass is 9.68. The van der Waals surface area contributed by atoms with Crippen molar-refractivity contribution in [2.45, 2.75) is 39.7 Å². The summed E-state index contributed by atoms with van der Waals surface area (Å²) in [5.74, 6) is 0.456. The zero-order chi connectivity index (χ0) is 13.3. The number of aromatic nitrogens is 2. The quantitative estimate of drug-likeness (QED) is 0.891. The molecule has 1 aliphatic carbocycles. The van der Waals surface area contributed by atoms with Gasteiger partial charge in [0.15, 0.2) is 0 Å². The second-order valence-electron chi connectivity index (χ2n) is 5.70. The Bertz CT molecular complexity index is 431. The first-order chi connectivity index (χ1) is 8.43. The molecule has 0 saturated heterocycles. The van der Waals surface area contributed by atoms with Crippen molar-refractivity contribution >= 4 is 5.91 Å². The van der Waals surface area contributed by atoms with Crippen LogP contribution in [0.15, 0.2) is 6.07 Å². The standard InChI is InChI=1S/C13H21N3O2/c1-5-18-11-6-10(14-15-11)12(17)16(4)9-7-13(2,3)8-9/h6,9H,5,7-8H2,1-4H3,(H,14,15). The number of aromatic amines is 1. The van der Waals surface area contributed by atoms with Crippen molar-refractivity contribution in [1.29, 1.82) is 0 Å². The topological polar surface area (TPSA) is 58.2 Å². The molecule has 100 valence electrons. The first-order valence-corrected chi connectivity index (χ1v) is 6.38. The molecule has 1 N–H and O–H groups in total. The maximum atomic E-state index is 12.2. The summed E-state index contributed by atoms with van der Waals surface area (Å²) >= 11 is 0. The number of carbonyl (C=O) groups excluding carboxylic acids is 1. The van der Waals surface area contributed by atoms with E-state index in [4.69, 9.17) is 4.74 Å². The molecule has 18 heavy (non-hydrogen) atoms. The van der Waals surface area contributed by atoms with E-state index in [2.05, 4.69) is 24.0 Å². The summed E-state index contributed by atoms with van der Waals surface area (Å²) in [5, 5.41) is 6.68. The first kappa shape index (κ1) is 12.9. The van der Waals surface area contributed by atoms with Crippen LogP contribution in [0, 0.1) is 5.41 Å². The highest BCUT2D eigenvalue weighted by Crippen LogP contribution is 2.42. The van der Waals surface area contributed by atoms with E-state index in [1.165, 1.54) is 0 Å². The lowest BCUT2D eigenvalue weighted by Gasteiger charge is -2.46. The number of carbonyl (C=O) groups is 1. The number of ether oxygens (including phenoxy) is 1. The number of nitrogens with zero attached hydrogens (tertiary/aromatic N) is 2. The molecule has 0 radical (unpaired) electrons. The Balaban J connectivity index is 1.98. The van der Waals surface area contributed by atoms with Crippen LogP contribution in [-0.2, 0) is 0 Å². The molecular formula is C13H21N3O2. The highest BCUT2D eigenvalue weighted by molar-refractivity contribution is 5.92. The maximum Gasteiger partial charge on any atom is 0.271 e. The molecule has 1 amide bonds. The predicted molar refractivity (Wildman–Crippen MR) is 68.7 cm³/mol. The van der Waals surface area contributed by atoms with Gasteiger partial charge in [0.2, 0.25) is 5.88 Å². The number of amides is 1. The Labute approximate surface area is 108 Å². The molecule has 2 rings (SSSR count). The fourth-order valence-electron chi connectivity index (χ4n) is 2.48. The SMILES string of the molecule is CCOc1cc(C(=O)N(C)C2CC(C)(C)C2)[nH]n1. The van der Waals surface area contributed by atoms with Crippen LogP contribution in [0.25, 0.3) is 0 Å². The monoisotopic (exact) mass is 251 g/mol. The Kier molecular flexibility index (Phi) is 3.32. The van der Waals surface area contributed by atoms with Crippen molar-refractivity contribution in [2.75, 3.05) is 13.7 Å². The third-order valence-corrected chi connectivity index (χ3v) is 3.52. The molecule has 1 fully saturated rings. The van der Waals surface area contributed by atoms with E-state index >= 15 is 0 Å². The molecule has 1 heterocycles. The van der Waals surface area contributed by atoms with Crippen molar-refractivity contribution in [3.63, 3.8) is 0 Å². The van der Waals surface area contributed by atoms with Crippen LogP contribution in [0.3, 0.4) is 0 Å². The van der Waals surface area contributed by atoms with Crippen molar-refractivity contribution < 1.29 is 9.53 Å². The summed E-state index contributed by atoms with van der Waals surface area (Å²) in [6.07, 6.45) is 2.11. The third kappa shape index (κ3) is 2.49. The molecule has 1 aromatic rings. The minimum absolute atomic E-state index is 0.0195. The Morgan fingerprint density at radius 1 is 1.61 bits per heavy atom. The molecule has 0 bridgehead atoms. The van der Waals surface area contributed by atoms with Gasteiger partial charge in [-0.15, -0.1) is 5.10 Å². The Morgan fingerprint density at radius 2 is 2.28 bits per heavy atom. The zero-order valence-corrected chi connectivity index (χ0v) is 11.5. The van der Waals surface area contributed by atoms with Gasteiger partial charge in [-0.1, -0.05) is 13.8 Å². The second-order valence-corrected chi connectivity index (χ2v) is 5.70. The Hall–Kier alpha value is -1.52. The van der Waals surface area contributed by atoms with Gasteiger partial charge in [0.25, 0.3) is 5.91 Å². The third-order valence-electron chi connectivity index (χ3n) is 3.52. The molecule has 1 saturated carbocycles. The molecule has 1 aromatic heterocycles.